The molecule has 81 valence electrons. The summed E-state index contributed by atoms with van der Waals surface area (Å²) in [6, 6.07) is 0. The van der Waals surface area contributed by atoms with Crippen LogP contribution in [0.1, 0.15) is 34.1 Å². The third-order valence-electron chi connectivity index (χ3n) is 2.46. The zero-order chi connectivity index (χ0) is 9.07. The van der Waals surface area contributed by atoms with Gasteiger partial charge in [0.2, 0.25) is 0 Å². The van der Waals surface area contributed by atoms with E-state index in [1.807, 2.05) is 27.7 Å². The first kappa shape index (κ1) is 15.3. The summed E-state index contributed by atoms with van der Waals surface area (Å²) in [5.74, 6) is 0.233. The third kappa shape index (κ3) is 3.31. The number of nitrogens with zero attached hydrogens (tertiary/aromatic N) is 1. The van der Waals surface area contributed by atoms with Crippen molar-refractivity contribution in [1.82, 2.24) is 0 Å². The van der Waals surface area contributed by atoms with E-state index in [0.717, 1.165) is 12.1 Å². The Kier molecular flexibility index (Phi) is 8.10. The van der Waals surface area contributed by atoms with Crippen LogP contribution in [0.2, 0.25) is 0 Å². The second-order valence-corrected chi connectivity index (χ2v) is 3.24. The molecule has 1 atom stereocenters. The molecule has 3 heteroatoms. The fourth-order valence-corrected chi connectivity index (χ4v) is 1.28. The number of aliphatic imine (C=N–C) groups is 1. The van der Waals surface area contributed by atoms with Crippen LogP contribution in [0.25, 0.3) is 0 Å². The Hall–Kier alpha value is 0.864. The van der Waals surface area contributed by atoms with Gasteiger partial charge in [0.15, 0.2) is 0 Å². The van der Waals surface area contributed by atoms with E-state index in [1.54, 1.807) is 7.05 Å². The number of hydrogen-bond donors (Lipinski definition) is 1. The smallest absolute Gasteiger partial charge is 0.104 e. The fraction of sp³-hybridized carbons (Fsp3) is 0.889. The Bertz CT molecular complexity index is 157. The largest absolute Gasteiger partial charge is 0.384 e. The SMILES string of the molecule is CCC(O)(C(C)=NC)C(C)C.[Lu]. The van der Waals surface area contributed by atoms with Gasteiger partial charge in [-0.1, -0.05) is 20.8 Å². The average molecular weight is 332 g/mol. The predicted octanol–water partition coefficient (Wildman–Crippen LogP) is 1.87. The van der Waals surface area contributed by atoms with E-state index in [1.165, 1.54) is 0 Å². The van der Waals surface area contributed by atoms with E-state index in [2.05, 4.69) is 4.99 Å². The Morgan fingerprint density at radius 1 is 1.50 bits per heavy atom. The Labute approximate surface area is 105 Å². The van der Waals surface area contributed by atoms with Crippen molar-refractivity contribution in [3.63, 3.8) is 0 Å². The molecule has 0 saturated heterocycles. The zero-order valence-electron chi connectivity index (χ0n) is 8.44. The van der Waals surface area contributed by atoms with Crippen molar-refractivity contribution in [3.8, 4) is 0 Å². The molecule has 1 radical (unpaired) electrons. The maximum absolute atomic E-state index is 10.0. The minimum atomic E-state index is -0.700. The maximum atomic E-state index is 10.0. The molecule has 2 nitrogen and oxygen atoms in total. The van der Waals surface area contributed by atoms with Gasteiger partial charge in [-0.3, -0.25) is 4.99 Å². The fourth-order valence-electron chi connectivity index (χ4n) is 1.28. The van der Waals surface area contributed by atoms with Gasteiger partial charge in [0.25, 0.3) is 0 Å². The Balaban J connectivity index is 0. The van der Waals surface area contributed by atoms with Gasteiger partial charge in [-0.2, -0.15) is 0 Å². The summed E-state index contributed by atoms with van der Waals surface area (Å²) in [6.45, 7) is 7.88. The van der Waals surface area contributed by atoms with Gasteiger partial charge in [-0.25, -0.2) is 0 Å². The molecule has 0 aromatic rings. The summed E-state index contributed by atoms with van der Waals surface area (Å²) in [7, 11) is 1.72. The van der Waals surface area contributed by atoms with Crippen molar-refractivity contribution in [2.75, 3.05) is 7.05 Å². The molecule has 0 amide bonds. The van der Waals surface area contributed by atoms with Gasteiger partial charge in [0.05, 0.1) is 0 Å². The maximum Gasteiger partial charge on any atom is 0.104 e. The molecule has 0 aromatic carbocycles. The molecular formula is C9H19LuNO. The van der Waals surface area contributed by atoms with Gasteiger partial charge in [-0.05, 0) is 19.3 Å². The summed E-state index contributed by atoms with van der Waals surface area (Å²) >= 11 is 0. The van der Waals surface area contributed by atoms with E-state index >= 15 is 0 Å². The number of rotatable bonds is 3. The van der Waals surface area contributed by atoms with Crippen molar-refractivity contribution in [2.45, 2.75) is 39.7 Å². The van der Waals surface area contributed by atoms with Gasteiger partial charge in [0, 0.05) is 49.6 Å². The normalized spacial score (nSPS) is 17.1. The van der Waals surface area contributed by atoms with Crippen LogP contribution in [-0.4, -0.2) is 23.5 Å². The molecule has 0 aliphatic rings. The predicted molar refractivity (Wildman–Crippen MR) is 49.1 cm³/mol. The van der Waals surface area contributed by atoms with Crippen LogP contribution in [0, 0.1) is 42.8 Å². The van der Waals surface area contributed by atoms with Crippen LogP contribution in [-0.2, 0) is 0 Å². The van der Waals surface area contributed by atoms with E-state index in [0.29, 0.717) is 0 Å². The molecule has 0 saturated carbocycles. The van der Waals surface area contributed by atoms with Crippen molar-refractivity contribution < 1.29 is 42.0 Å². The van der Waals surface area contributed by atoms with E-state index < -0.39 is 5.60 Å². The van der Waals surface area contributed by atoms with Crippen molar-refractivity contribution in [1.29, 1.82) is 0 Å². The molecule has 0 aliphatic carbocycles. The van der Waals surface area contributed by atoms with Gasteiger partial charge >= 0.3 is 0 Å². The zero-order valence-corrected chi connectivity index (χ0v) is 10.1. The molecule has 0 rings (SSSR count). The average Bonchev–Trinajstić information content (AvgIpc) is 2.01. The second-order valence-electron chi connectivity index (χ2n) is 3.24. The molecular weight excluding hydrogens is 313 g/mol. The summed E-state index contributed by atoms with van der Waals surface area (Å²) in [4.78, 5) is 4.02. The van der Waals surface area contributed by atoms with E-state index in [4.69, 9.17) is 0 Å². The van der Waals surface area contributed by atoms with E-state index in [9.17, 15) is 5.11 Å². The summed E-state index contributed by atoms with van der Waals surface area (Å²) in [5.41, 5.74) is 0.129. The summed E-state index contributed by atoms with van der Waals surface area (Å²) < 4.78 is 0. The van der Waals surface area contributed by atoms with Crippen molar-refractivity contribution >= 4 is 5.71 Å². The summed E-state index contributed by atoms with van der Waals surface area (Å²) in [5, 5.41) is 10.0. The molecule has 0 heterocycles. The third-order valence-corrected chi connectivity index (χ3v) is 2.46. The minimum absolute atomic E-state index is 0. The molecule has 1 unspecified atom stereocenters. The first-order chi connectivity index (χ1) is 4.99. The Morgan fingerprint density at radius 3 is 2.00 bits per heavy atom. The second kappa shape index (κ2) is 6.34. The van der Waals surface area contributed by atoms with E-state index in [-0.39, 0.29) is 42.8 Å². The molecule has 12 heavy (non-hydrogen) atoms. The van der Waals surface area contributed by atoms with Gasteiger partial charge in [-0.15, -0.1) is 0 Å². The van der Waals surface area contributed by atoms with Crippen LogP contribution < -0.4 is 0 Å². The molecule has 0 aliphatic heterocycles. The summed E-state index contributed by atoms with van der Waals surface area (Å²) in [6.07, 6.45) is 0.730. The first-order valence-corrected chi connectivity index (χ1v) is 4.15. The van der Waals surface area contributed by atoms with Crippen LogP contribution in [0.5, 0.6) is 0 Å². The minimum Gasteiger partial charge on any atom is -0.384 e. The van der Waals surface area contributed by atoms with Crippen LogP contribution in [0.3, 0.4) is 0 Å². The number of aliphatic hydroxyl groups is 1. The Morgan fingerprint density at radius 2 is 1.92 bits per heavy atom. The number of hydrogen-bond acceptors (Lipinski definition) is 2. The van der Waals surface area contributed by atoms with Crippen LogP contribution in [0.4, 0.5) is 0 Å². The molecule has 0 aromatic heterocycles. The van der Waals surface area contributed by atoms with Crippen LogP contribution >= 0.6 is 0 Å². The molecule has 1 N–H and O–H groups in total. The topological polar surface area (TPSA) is 32.6 Å². The van der Waals surface area contributed by atoms with Crippen molar-refractivity contribution in [2.24, 2.45) is 10.9 Å². The molecule has 0 bridgehead atoms. The standard InChI is InChI=1S/C9H19NO.Lu/c1-6-9(11,7(2)3)8(4)10-5;/h7,11H,6H2,1-5H3;. The quantitative estimate of drug-likeness (QED) is 0.787. The molecule has 0 spiro atoms. The molecule has 0 fully saturated rings. The van der Waals surface area contributed by atoms with Gasteiger partial charge in [0.1, 0.15) is 5.60 Å². The van der Waals surface area contributed by atoms with Gasteiger partial charge < -0.3 is 5.11 Å². The van der Waals surface area contributed by atoms with Crippen molar-refractivity contribution in [3.05, 3.63) is 0 Å². The monoisotopic (exact) mass is 332 g/mol. The first-order valence-electron chi connectivity index (χ1n) is 4.15. The van der Waals surface area contributed by atoms with Crippen LogP contribution in [0.15, 0.2) is 4.99 Å².